The summed E-state index contributed by atoms with van der Waals surface area (Å²) in [6, 6.07) is 15.0. The summed E-state index contributed by atoms with van der Waals surface area (Å²) in [6.07, 6.45) is 3.44. The smallest absolute Gasteiger partial charge is 0.319 e. The molecule has 0 bridgehead atoms. The molecular weight excluding hydrogens is 316 g/mol. The highest BCUT2D eigenvalue weighted by molar-refractivity contribution is 5.92. The van der Waals surface area contributed by atoms with Crippen molar-refractivity contribution >= 4 is 17.7 Å². The lowest BCUT2D eigenvalue weighted by Gasteiger charge is -2.20. The molecular formula is C20H23N2O3-. The highest BCUT2D eigenvalue weighted by atomic mass is 16.4. The van der Waals surface area contributed by atoms with Gasteiger partial charge in [0.15, 0.2) is 0 Å². The lowest BCUT2D eigenvalue weighted by Crippen LogP contribution is -2.50. The van der Waals surface area contributed by atoms with Crippen LogP contribution in [0.2, 0.25) is 0 Å². The molecule has 0 saturated heterocycles. The zero-order valence-corrected chi connectivity index (χ0v) is 14.3. The van der Waals surface area contributed by atoms with E-state index in [0.29, 0.717) is 5.69 Å². The highest BCUT2D eigenvalue weighted by Crippen LogP contribution is 2.12. The molecule has 0 saturated carbocycles. The van der Waals surface area contributed by atoms with Crippen molar-refractivity contribution in [2.45, 2.75) is 38.6 Å². The zero-order chi connectivity index (χ0) is 18.1. The van der Waals surface area contributed by atoms with Gasteiger partial charge < -0.3 is 20.5 Å². The standard InChI is InChI=1S/C20H24N2O3/c1-2-3-7-15-10-12-17(13-11-15)21-20(25)22-18(19(23)24)14-16-8-5-4-6-9-16/h4-6,8-13,18H,2-3,7,14H2,1H3,(H,23,24)(H2,21,22,25)/p-1/t18-/m1/s1. The SMILES string of the molecule is CCCCc1ccc(NC(=O)N[C@H](Cc2ccccc2)C(=O)[O-])cc1. The van der Waals surface area contributed by atoms with E-state index in [2.05, 4.69) is 17.6 Å². The van der Waals surface area contributed by atoms with Gasteiger partial charge in [0.1, 0.15) is 0 Å². The van der Waals surface area contributed by atoms with Crippen molar-refractivity contribution in [3.8, 4) is 0 Å². The van der Waals surface area contributed by atoms with Gasteiger partial charge in [-0.3, -0.25) is 0 Å². The van der Waals surface area contributed by atoms with E-state index in [-0.39, 0.29) is 6.42 Å². The van der Waals surface area contributed by atoms with Crippen molar-refractivity contribution in [2.75, 3.05) is 5.32 Å². The minimum absolute atomic E-state index is 0.173. The Morgan fingerprint density at radius 2 is 1.68 bits per heavy atom. The number of nitrogens with one attached hydrogen (secondary N) is 2. The predicted octanol–water partition coefficient (Wildman–Crippen LogP) is 2.51. The Morgan fingerprint density at radius 3 is 2.28 bits per heavy atom. The fourth-order valence-electron chi connectivity index (χ4n) is 2.50. The van der Waals surface area contributed by atoms with Gasteiger partial charge in [-0.25, -0.2) is 4.79 Å². The Hall–Kier alpha value is -2.82. The van der Waals surface area contributed by atoms with Crippen LogP contribution in [0.1, 0.15) is 30.9 Å². The van der Waals surface area contributed by atoms with Crippen LogP contribution in [0.25, 0.3) is 0 Å². The number of carbonyl (C=O) groups excluding carboxylic acids is 2. The quantitative estimate of drug-likeness (QED) is 0.775. The van der Waals surface area contributed by atoms with Crippen molar-refractivity contribution in [2.24, 2.45) is 0 Å². The van der Waals surface area contributed by atoms with Crippen LogP contribution < -0.4 is 15.7 Å². The molecule has 132 valence electrons. The molecule has 2 aromatic rings. The van der Waals surface area contributed by atoms with E-state index in [9.17, 15) is 14.7 Å². The molecule has 2 aromatic carbocycles. The summed E-state index contributed by atoms with van der Waals surface area (Å²) in [7, 11) is 0. The largest absolute Gasteiger partial charge is 0.548 e. The Morgan fingerprint density at radius 1 is 1.00 bits per heavy atom. The second-order valence-corrected chi connectivity index (χ2v) is 5.96. The van der Waals surface area contributed by atoms with Crippen LogP contribution in [0.3, 0.4) is 0 Å². The Labute approximate surface area is 148 Å². The van der Waals surface area contributed by atoms with E-state index in [1.807, 2.05) is 54.6 Å². The monoisotopic (exact) mass is 339 g/mol. The molecule has 2 amide bonds. The van der Waals surface area contributed by atoms with Gasteiger partial charge in [0, 0.05) is 5.69 Å². The van der Waals surface area contributed by atoms with Crippen LogP contribution in [0, 0.1) is 0 Å². The molecule has 0 spiro atoms. The summed E-state index contributed by atoms with van der Waals surface area (Å²) in [6.45, 7) is 2.14. The number of hydrogen-bond acceptors (Lipinski definition) is 3. The molecule has 2 rings (SSSR count). The van der Waals surface area contributed by atoms with E-state index in [1.54, 1.807) is 0 Å². The van der Waals surface area contributed by atoms with Crippen LogP contribution >= 0.6 is 0 Å². The number of unbranched alkanes of at least 4 members (excludes halogenated alkanes) is 1. The average Bonchev–Trinajstić information content (AvgIpc) is 2.61. The van der Waals surface area contributed by atoms with E-state index < -0.39 is 18.0 Å². The molecule has 2 N–H and O–H groups in total. The number of carboxylic acids is 1. The number of carboxylic acid groups (broad SMARTS) is 1. The van der Waals surface area contributed by atoms with Crippen molar-refractivity contribution in [3.63, 3.8) is 0 Å². The third-order valence-electron chi connectivity index (χ3n) is 3.90. The van der Waals surface area contributed by atoms with Crippen molar-refractivity contribution < 1.29 is 14.7 Å². The summed E-state index contributed by atoms with van der Waals surface area (Å²) in [5.41, 5.74) is 2.65. The van der Waals surface area contributed by atoms with Gasteiger partial charge >= 0.3 is 6.03 Å². The van der Waals surface area contributed by atoms with E-state index in [1.165, 1.54) is 5.56 Å². The number of aliphatic carboxylic acids is 1. The van der Waals surface area contributed by atoms with E-state index in [0.717, 1.165) is 24.8 Å². The van der Waals surface area contributed by atoms with Crippen molar-refractivity contribution in [3.05, 3.63) is 65.7 Å². The number of hydrogen-bond donors (Lipinski definition) is 2. The van der Waals surface area contributed by atoms with Gasteiger partial charge in [0.2, 0.25) is 0 Å². The summed E-state index contributed by atoms with van der Waals surface area (Å²) in [5.74, 6) is -1.31. The number of aryl methyl sites for hydroxylation is 1. The molecule has 5 heteroatoms. The first kappa shape index (κ1) is 18.5. The topological polar surface area (TPSA) is 81.3 Å². The van der Waals surface area contributed by atoms with Gasteiger partial charge in [-0.2, -0.15) is 0 Å². The minimum atomic E-state index is -1.31. The summed E-state index contributed by atoms with van der Waals surface area (Å²) < 4.78 is 0. The molecule has 0 aliphatic rings. The summed E-state index contributed by atoms with van der Waals surface area (Å²) in [5, 5.41) is 16.4. The third kappa shape index (κ3) is 6.30. The lowest BCUT2D eigenvalue weighted by atomic mass is 10.1. The zero-order valence-electron chi connectivity index (χ0n) is 14.3. The van der Waals surface area contributed by atoms with Gasteiger partial charge in [-0.1, -0.05) is 55.8 Å². The normalized spacial score (nSPS) is 11.6. The second-order valence-electron chi connectivity index (χ2n) is 5.96. The number of urea groups is 1. The Kier molecular flexibility index (Phi) is 7.01. The van der Waals surface area contributed by atoms with E-state index >= 15 is 0 Å². The van der Waals surface area contributed by atoms with Crippen LogP contribution in [0.4, 0.5) is 10.5 Å². The molecule has 1 atom stereocenters. The molecule has 5 nitrogen and oxygen atoms in total. The second kappa shape index (κ2) is 9.47. The molecule has 0 heterocycles. The number of benzene rings is 2. The van der Waals surface area contributed by atoms with Crippen LogP contribution in [-0.2, 0) is 17.6 Å². The van der Waals surface area contributed by atoms with Gasteiger partial charge in [-0.15, -0.1) is 0 Å². The highest BCUT2D eigenvalue weighted by Gasteiger charge is 2.14. The number of rotatable bonds is 8. The molecule has 25 heavy (non-hydrogen) atoms. The molecule has 0 aliphatic carbocycles. The number of anilines is 1. The average molecular weight is 339 g/mol. The maximum absolute atomic E-state index is 12.1. The van der Waals surface area contributed by atoms with Crippen molar-refractivity contribution in [1.82, 2.24) is 5.32 Å². The lowest BCUT2D eigenvalue weighted by molar-refractivity contribution is -0.308. The number of carbonyl (C=O) groups is 2. The summed E-state index contributed by atoms with van der Waals surface area (Å²) in [4.78, 5) is 23.3. The minimum Gasteiger partial charge on any atom is -0.548 e. The van der Waals surface area contributed by atoms with Gasteiger partial charge in [-0.05, 0) is 42.5 Å². The van der Waals surface area contributed by atoms with Gasteiger partial charge in [0.25, 0.3) is 0 Å². The van der Waals surface area contributed by atoms with Crippen LogP contribution in [0.5, 0.6) is 0 Å². The first-order valence-corrected chi connectivity index (χ1v) is 8.49. The maximum atomic E-state index is 12.1. The third-order valence-corrected chi connectivity index (χ3v) is 3.90. The predicted molar refractivity (Wildman–Crippen MR) is 96.1 cm³/mol. The first-order chi connectivity index (χ1) is 12.1. The summed E-state index contributed by atoms with van der Waals surface area (Å²) >= 11 is 0. The molecule has 0 radical (unpaired) electrons. The van der Waals surface area contributed by atoms with Crippen LogP contribution in [0.15, 0.2) is 54.6 Å². The molecule has 0 fully saturated rings. The maximum Gasteiger partial charge on any atom is 0.319 e. The van der Waals surface area contributed by atoms with Crippen LogP contribution in [-0.4, -0.2) is 18.0 Å². The Bertz CT molecular complexity index is 684. The first-order valence-electron chi connectivity index (χ1n) is 8.49. The fourth-order valence-corrected chi connectivity index (χ4v) is 2.50. The molecule has 0 unspecified atom stereocenters. The molecule has 0 aliphatic heterocycles. The number of amides is 2. The van der Waals surface area contributed by atoms with E-state index in [4.69, 9.17) is 0 Å². The van der Waals surface area contributed by atoms with Crippen molar-refractivity contribution in [1.29, 1.82) is 0 Å². The van der Waals surface area contributed by atoms with Gasteiger partial charge in [0.05, 0.1) is 12.0 Å². The Balaban J connectivity index is 1.91. The molecule has 0 aromatic heterocycles. The fraction of sp³-hybridized carbons (Fsp3) is 0.300.